The van der Waals surface area contributed by atoms with Crippen LogP contribution in [0.4, 0.5) is 5.13 Å². The van der Waals surface area contributed by atoms with Crippen molar-refractivity contribution in [2.24, 2.45) is 0 Å². The third kappa shape index (κ3) is 2.23. The third-order valence-corrected chi connectivity index (χ3v) is 3.74. The first-order valence-corrected chi connectivity index (χ1v) is 6.77. The zero-order valence-electron chi connectivity index (χ0n) is 10.0. The predicted octanol–water partition coefficient (Wildman–Crippen LogP) is 1.05. The third-order valence-electron chi connectivity index (χ3n) is 2.88. The Bertz CT molecular complexity index is 615. The molecule has 0 saturated carbocycles. The number of aromatic nitrogens is 3. The van der Waals surface area contributed by atoms with E-state index in [1.165, 1.54) is 21.9 Å². The monoisotopic (exact) mass is 266 g/mol. The van der Waals surface area contributed by atoms with Gasteiger partial charge < -0.3 is 10.1 Å². The summed E-state index contributed by atoms with van der Waals surface area (Å²) >= 11 is 1.38. The Balaban J connectivity index is 1.80. The van der Waals surface area contributed by atoms with E-state index in [0.29, 0.717) is 15.8 Å². The van der Waals surface area contributed by atoms with Gasteiger partial charge >= 0.3 is 0 Å². The van der Waals surface area contributed by atoms with Crippen LogP contribution in [0.25, 0.3) is 4.96 Å². The summed E-state index contributed by atoms with van der Waals surface area (Å²) in [4.78, 5) is 16.6. The molecule has 0 amide bonds. The Hall–Kier alpha value is -1.47. The highest BCUT2D eigenvalue weighted by Crippen LogP contribution is 2.18. The van der Waals surface area contributed by atoms with Gasteiger partial charge in [0.1, 0.15) is 0 Å². The molecule has 3 rings (SSSR count). The molecule has 1 fully saturated rings. The minimum atomic E-state index is -0.140. The van der Waals surface area contributed by atoms with Crippen LogP contribution in [0.2, 0.25) is 0 Å². The lowest BCUT2D eigenvalue weighted by molar-refractivity contribution is 0.120. The molecular weight excluding hydrogens is 252 g/mol. The van der Waals surface area contributed by atoms with E-state index < -0.39 is 0 Å². The highest BCUT2D eigenvalue weighted by molar-refractivity contribution is 7.20. The van der Waals surface area contributed by atoms with Crippen LogP contribution in [0.15, 0.2) is 10.9 Å². The SMILES string of the molecule is Cc1cc(=O)n2nc(NCC3CCCO3)sc2n1. The number of aryl methyl sites for hydroxylation is 1. The zero-order valence-corrected chi connectivity index (χ0v) is 10.9. The Kier molecular flexibility index (Phi) is 3.00. The van der Waals surface area contributed by atoms with Crippen molar-refractivity contribution in [3.8, 4) is 0 Å². The molecule has 2 aromatic heterocycles. The molecule has 1 unspecified atom stereocenters. The quantitative estimate of drug-likeness (QED) is 0.899. The molecule has 0 aromatic carbocycles. The Morgan fingerprint density at radius 3 is 3.33 bits per heavy atom. The molecule has 3 heterocycles. The van der Waals surface area contributed by atoms with Crippen LogP contribution in [0.3, 0.4) is 0 Å². The Morgan fingerprint density at radius 1 is 1.67 bits per heavy atom. The summed E-state index contributed by atoms with van der Waals surface area (Å²) in [6.07, 6.45) is 2.45. The lowest BCUT2D eigenvalue weighted by Gasteiger charge is -2.08. The van der Waals surface area contributed by atoms with Gasteiger partial charge in [0.25, 0.3) is 5.56 Å². The summed E-state index contributed by atoms with van der Waals surface area (Å²) < 4.78 is 6.85. The van der Waals surface area contributed by atoms with E-state index in [-0.39, 0.29) is 11.7 Å². The molecule has 1 saturated heterocycles. The molecule has 18 heavy (non-hydrogen) atoms. The first-order chi connectivity index (χ1) is 8.72. The number of ether oxygens (including phenoxy) is 1. The highest BCUT2D eigenvalue weighted by Gasteiger charge is 2.16. The average molecular weight is 266 g/mol. The second-order valence-electron chi connectivity index (χ2n) is 4.35. The fraction of sp³-hybridized carbons (Fsp3) is 0.545. The maximum absolute atomic E-state index is 11.7. The Labute approximate surface area is 108 Å². The number of nitrogens with one attached hydrogen (secondary N) is 1. The Morgan fingerprint density at radius 2 is 2.56 bits per heavy atom. The summed E-state index contributed by atoms with van der Waals surface area (Å²) in [5.41, 5.74) is 0.577. The fourth-order valence-electron chi connectivity index (χ4n) is 2.00. The van der Waals surface area contributed by atoms with Gasteiger partial charge in [-0.3, -0.25) is 4.79 Å². The zero-order chi connectivity index (χ0) is 12.5. The molecular formula is C11H14N4O2S. The molecule has 0 radical (unpaired) electrons. The molecule has 6 nitrogen and oxygen atoms in total. The number of hydrogen-bond acceptors (Lipinski definition) is 6. The molecule has 96 valence electrons. The number of fused-ring (bicyclic) bond motifs is 1. The van der Waals surface area contributed by atoms with E-state index in [0.717, 1.165) is 26.0 Å². The lowest BCUT2D eigenvalue weighted by Crippen LogP contribution is -2.19. The van der Waals surface area contributed by atoms with Gasteiger partial charge in [0.2, 0.25) is 10.1 Å². The van der Waals surface area contributed by atoms with Gasteiger partial charge in [-0.15, -0.1) is 5.10 Å². The van der Waals surface area contributed by atoms with Crippen molar-refractivity contribution in [1.29, 1.82) is 0 Å². The lowest BCUT2D eigenvalue weighted by atomic mass is 10.2. The maximum Gasteiger partial charge on any atom is 0.275 e. The summed E-state index contributed by atoms with van der Waals surface area (Å²) in [5, 5.41) is 8.12. The smallest absolute Gasteiger partial charge is 0.275 e. The summed E-state index contributed by atoms with van der Waals surface area (Å²) in [5.74, 6) is 0. The van der Waals surface area contributed by atoms with Gasteiger partial charge in [0.15, 0.2) is 0 Å². The number of anilines is 1. The topological polar surface area (TPSA) is 68.5 Å². The normalized spacial score (nSPS) is 19.5. The van der Waals surface area contributed by atoms with Crippen molar-refractivity contribution in [2.45, 2.75) is 25.9 Å². The van der Waals surface area contributed by atoms with Crippen LogP contribution in [-0.4, -0.2) is 33.9 Å². The van der Waals surface area contributed by atoms with Crippen LogP contribution in [0, 0.1) is 6.92 Å². The van der Waals surface area contributed by atoms with E-state index in [2.05, 4.69) is 15.4 Å². The van der Waals surface area contributed by atoms with Crippen LogP contribution in [0.5, 0.6) is 0 Å². The van der Waals surface area contributed by atoms with Crippen LogP contribution in [-0.2, 0) is 4.74 Å². The van der Waals surface area contributed by atoms with Crippen molar-refractivity contribution < 1.29 is 4.74 Å². The number of rotatable bonds is 3. The summed E-state index contributed by atoms with van der Waals surface area (Å²) in [6, 6.07) is 1.48. The van der Waals surface area contributed by atoms with E-state index in [4.69, 9.17) is 4.74 Å². The summed E-state index contributed by atoms with van der Waals surface area (Å²) in [7, 11) is 0. The number of nitrogens with zero attached hydrogens (tertiary/aromatic N) is 3. The number of hydrogen-bond donors (Lipinski definition) is 1. The molecule has 1 aliphatic heterocycles. The van der Waals surface area contributed by atoms with Crippen LogP contribution < -0.4 is 10.9 Å². The van der Waals surface area contributed by atoms with Gasteiger partial charge in [-0.1, -0.05) is 11.3 Å². The van der Waals surface area contributed by atoms with Gasteiger partial charge in [-0.05, 0) is 19.8 Å². The first kappa shape index (κ1) is 11.6. The van der Waals surface area contributed by atoms with Gasteiger partial charge in [0.05, 0.1) is 6.10 Å². The molecule has 0 spiro atoms. The largest absolute Gasteiger partial charge is 0.376 e. The van der Waals surface area contributed by atoms with E-state index in [9.17, 15) is 4.79 Å². The van der Waals surface area contributed by atoms with E-state index in [1.807, 2.05) is 0 Å². The fourth-order valence-corrected chi connectivity index (χ4v) is 2.86. The molecule has 2 aromatic rings. The molecule has 1 N–H and O–H groups in total. The molecule has 1 aliphatic rings. The molecule has 0 bridgehead atoms. The van der Waals surface area contributed by atoms with Crippen LogP contribution >= 0.6 is 11.3 Å². The second kappa shape index (κ2) is 4.66. The van der Waals surface area contributed by atoms with Gasteiger partial charge in [-0.2, -0.15) is 4.52 Å². The minimum Gasteiger partial charge on any atom is -0.376 e. The predicted molar refractivity (Wildman–Crippen MR) is 69.3 cm³/mol. The maximum atomic E-state index is 11.7. The summed E-state index contributed by atoms with van der Waals surface area (Å²) in [6.45, 7) is 3.38. The second-order valence-corrected chi connectivity index (χ2v) is 5.31. The van der Waals surface area contributed by atoms with E-state index in [1.54, 1.807) is 6.92 Å². The van der Waals surface area contributed by atoms with Crippen molar-refractivity contribution in [3.63, 3.8) is 0 Å². The molecule has 7 heteroatoms. The first-order valence-electron chi connectivity index (χ1n) is 5.95. The van der Waals surface area contributed by atoms with Crippen molar-refractivity contribution in [2.75, 3.05) is 18.5 Å². The minimum absolute atomic E-state index is 0.140. The van der Waals surface area contributed by atoms with Crippen molar-refractivity contribution >= 4 is 21.4 Å². The van der Waals surface area contributed by atoms with Gasteiger partial charge in [0, 0.05) is 24.9 Å². The highest BCUT2D eigenvalue weighted by atomic mass is 32.1. The standard InChI is InChI=1S/C11H14N4O2S/c1-7-5-9(16)15-11(13-7)18-10(14-15)12-6-8-3-2-4-17-8/h5,8H,2-4,6H2,1H3,(H,12,14). The average Bonchev–Trinajstić information content (AvgIpc) is 2.93. The van der Waals surface area contributed by atoms with Crippen LogP contribution in [0.1, 0.15) is 18.5 Å². The van der Waals surface area contributed by atoms with Gasteiger partial charge in [-0.25, -0.2) is 4.98 Å². The molecule has 1 atom stereocenters. The molecule has 0 aliphatic carbocycles. The van der Waals surface area contributed by atoms with Crippen molar-refractivity contribution in [3.05, 3.63) is 22.1 Å². The van der Waals surface area contributed by atoms with E-state index >= 15 is 0 Å². The van der Waals surface area contributed by atoms with Crippen molar-refractivity contribution in [1.82, 2.24) is 14.6 Å².